The fourth-order valence-electron chi connectivity index (χ4n) is 2.38. The van der Waals surface area contributed by atoms with E-state index in [1.54, 1.807) is 0 Å². The molecule has 0 radical (unpaired) electrons. The van der Waals surface area contributed by atoms with E-state index in [1.165, 1.54) is 11.1 Å². The van der Waals surface area contributed by atoms with Gasteiger partial charge >= 0.3 is 0 Å². The molecular weight excluding hydrogens is 338 g/mol. The second-order valence-electron chi connectivity index (χ2n) is 5.25. The molecule has 0 bridgehead atoms. The molecule has 1 N–H and O–H groups in total. The Morgan fingerprint density at radius 2 is 1.82 bits per heavy atom. The van der Waals surface area contributed by atoms with Crippen molar-refractivity contribution in [1.82, 2.24) is 15.1 Å². The lowest BCUT2D eigenvalue weighted by Crippen LogP contribution is -2.18. The Labute approximate surface area is 139 Å². The predicted octanol–water partition coefficient (Wildman–Crippen LogP) is 4.49. The van der Waals surface area contributed by atoms with Gasteiger partial charge in [-0.05, 0) is 30.7 Å². The number of nitrogens with one attached hydrogen (secondary N) is 1. The van der Waals surface area contributed by atoms with Crippen molar-refractivity contribution in [3.05, 3.63) is 82.6 Å². The number of rotatable bonds is 5. The second kappa shape index (κ2) is 6.90. The van der Waals surface area contributed by atoms with Gasteiger partial charge in [0.25, 0.3) is 0 Å². The first-order chi connectivity index (χ1) is 10.7. The second-order valence-corrected chi connectivity index (χ2v) is 6.11. The van der Waals surface area contributed by atoms with Gasteiger partial charge in [-0.2, -0.15) is 5.10 Å². The minimum absolute atomic E-state index is 0.274. The first-order valence-corrected chi connectivity index (χ1v) is 8.10. The van der Waals surface area contributed by atoms with E-state index in [1.807, 2.05) is 47.3 Å². The number of para-hydroxylation sites is 1. The molecule has 1 heterocycles. The Morgan fingerprint density at radius 1 is 1.09 bits per heavy atom. The highest BCUT2D eigenvalue weighted by Crippen LogP contribution is 2.23. The molecule has 0 aliphatic heterocycles. The number of benzene rings is 2. The number of aromatic nitrogens is 2. The van der Waals surface area contributed by atoms with Crippen LogP contribution in [0.1, 0.15) is 24.1 Å². The average molecular weight is 356 g/mol. The molecule has 0 saturated carbocycles. The van der Waals surface area contributed by atoms with Crippen molar-refractivity contribution in [2.24, 2.45) is 0 Å². The highest BCUT2D eigenvalue weighted by molar-refractivity contribution is 9.10. The average Bonchev–Trinajstić information content (AvgIpc) is 3.03. The summed E-state index contributed by atoms with van der Waals surface area (Å²) in [6.07, 6.45) is 3.97. The molecule has 3 rings (SSSR count). The molecule has 3 aromatic rings. The number of hydrogen-bond donors (Lipinski definition) is 1. The molecule has 22 heavy (non-hydrogen) atoms. The molecule has 112 valence electrons. The Hall–Kier alpha value is -1.91. The van der Waals surface area contributed by atoms with Crippen LogP contribution in [0.5, 0.6) is 0 Å². The number of nitrogens with zero attached hydrogens (tertiary/aromatic N) is 2. The van der Waals surface area contributed by atoms with E-state index in [-0.39, 0.29) is 6.04 Å². The van der Waals surface area contributed by atoms with Crippen LogP contribution in [0.4, 0.5) is 0 Å². The van der Waals surface area contributed by atoms with Gasteiger partial charge < -0.3 is 5.32 Å². The summed E-state index contributed by atoms with van der Waals surface area (Å²) in [6, 6.07) is 18.7. The molecule has 0 amide bonds. The molecule has 0 unspecified atom stereocenters. The van der Waals surface area contributed by atoms with Crippen LogP contribution < -0.4 is 5.32 Å². The lowest BCUT2D eigenvalue weighted by atomic mass is 10.1. The summed E-state index contributed by atoms with van der Waals surface area (Å²) in [5, 5.41) is 7.96. The van der Waals surface area contributed by atoms with E-state index in [0.717, 1.165) is 16.7 Å². The van der Waals surface area contributed by atoms with Crippen LogP contribution in [0.2, 0.25) is 0 Å². The molecule has 1 atom stereocenters. The van der Waals surface area contributed by atoms with Gasteiger partial charge in [0.1, 0.15) is 0 Å². The van der Waals surface area contributed by atoms with Crippen molar-refractivity contribution >= 4 is 15.9 Å². The summed E-state index contributed by atoms with van der Waals surface area (Å²) in [7, 11) is 0. The van der Waals surface area contributed by atoms with Crippen LogP contribution in [0.3, 0.4) is 0 Å². The van der Waals surface area contributed by atoms with Crippen LogP contribution >= 0.6 is 15.9 Å². The zero-order valence-corrected chi connectivity index (χ0v) is 14.0. The number of halogens is 1. The fraction of sp³-hybridized carbons (Fsp3) is 0.167. The lowest BCUT2D eigenvalue weighted by molar-refractivity contribution is 0.573. The van der Waals surface area contributed by atoms with Crippen LogP contribution in [0, 0.1) is 0 Å². The Balaban J connectivity index is 1.65. The van der Waals surface area contributed by atoms with Crippen LogP contribution in [0.15, 0.2) is 71.5 Å². The van der Waals surface area contributed by atoms with E-state index >= 15 is 0 Å². The van der Waals surface area contributed by atoms with Crippen molar-refractivity contribution in [3.8, 4) is 5.69 Å². The van der Waals surface area contributed by atoms with Crippen molar-refractivity contribution in [1.29, 1.82) is 0 Å². The normalized spacial score (nSPS) is 12.3. The summed E-state index contributed by atoms with van der Waals surface area (Å²) in [6.45, 7) is 2.96. The van der Waals surface area contributed by atoms with Crippen molar-refractivity contribution in [2.75, 3.05) is 0 Å². The zero-order valence-electron chi connectivity index (χ0n) is 12.4. The molecule has 0 spiro atoms. The maximum absolute atomic E-state index is 4.42. The van der Waals surface area contributed by atoms with Gasteiger partial charge in [-0.25, -0.2) is 4.68 Å². The summed E-state index contributed by atoms with van der Waals surface area (Å²) < 4.78 is 3.04. The van der Waals surface area contributed by atoms with Crippen molar-refractivity contribution < 1.29 is 0 Å². The predicted molar refractivity (Wildman–Crippen MR) is 93.0 cm³/mol. The Bertz CT molecular complexity index is 737. The summed E-state index contributed by atoms with van der Waals surface area (Å²) >= 11 is 3.60. The highest BCUT2D eigenvalue weighted by atomic mass is 79.9. The molecule has 0 aliphatic carbocycles. The molecule has 0 saturated heterocycles. The minimum Gasteiger partial charge on any atom is -0.306 e. The number of hydrogen-bond acceptors (Lipinski definition) is 2. The zero-order chi connectivity index (χ0) is 15.4. The minimum atomic E-state index is 0.274. The van der Waals surface area contributed by atoms with Gasteiger partial charge in [-0.15, -0.1) is 0 Å². The molecule has 4 heteroatoms. The van der Waals surface area contributed by atoms with Crippen LogP contribution in [-0.4, -0.2) is 9.78 Å². The van der Waals surface area contributed by atoms with E-state index in [9.17, 15) is 0 Å². The van der Waals surface area contributed by atoms with E-state index in [4.69, 9.17) is 0 Å². The monoisotopic (exact) mass is 355 g/mol. The van der Waals surface area contributed by atoms with E-state index < -0.39 is 0 Å². The maximum atomic E-state index is 4.42. The van der Waals surface area contributed by atoms with Gasteiger partial charge in [0.05, 0.1) is 11.9 Å². The molecular formula is C18H18BrN3. The first kappa shape index (κ1) is 15.0. The van der Waals surface area contributed by atoms with Gasteiger partial charge in [-0.3, -0.25) is 0 Å². The van der Waals surface area contributed by atoms with Gasteiger partial charge in [-0.1, -0.05) is 52.3 Å². The largest absolute Gasteiger partial charge is 0.306 e. The lowest BCUT2D eigenvalue weighted by Gasteiger charge is -2.15. The Kier molecular flexibility index (Phi) is 4.71. The standard InChI is InChI=1S/C18H18BrN3/c1-14(17-9-5-6-10-18(17)19)20-11-15-12-21-22(13-15)16-7-3-2-4-8-16/h2-10,12-14,20H,11H2,1H3/t14-/m1/s1. The summed E-state index contributed by atoms with van der Waals surface area (Å²) in [4.78, 5) is 0. The highest BCUT2D eigenvalue weighted by Gasteiger charge is 2.09. The topological polar surface area (TPSA) is 29.9 Å². The molecule has 3 nitrogen and oxygen atoms in total. The van der Waals surface area contributed by atoms with E-state index in [0.29, 0.717) is 0 Å². The molecule has 2 aromatic carbocycles. The third-order valence-electron chi connectivity index (χ3n) is 3.64. The summed E-state index contributed by atoms with van der Waals surface area (Å²) in [5.74, 6) is 0. The van der Waals surface area contributed by atoms with Gasteiger partial charge in [0, 0.05) is 28.8 Å². The van der Waals surface area contributed by atoms with Crippen LogP contribution in [-0.2, 0) is 6.54 Å². The quantitative estimate of drug-likeness (QED) is 0.730. The summed E-state index contributed by atoms with van der Waals surface area (Å²) in [5.41, 5.74) is 3.51. The first-order valence-electron chi connectivity index (χ1n) is 7.31. The molecule has 0 fully saturated rings. The SMILES string of the molecule is C[C@@H](NCc1cnn(-c2ccccc2)c1)c1ccccc1Br. The van der Waals surface area contributed by atoms with Crippen molar-refractivity contribution in [2.45, 2.75) is 19.5 Å². The van der Waals surface area contributed by atoms with Crippen LogP contribution in [0.25, 0.3) is 5.69 Å². The third kappa shape index (κ3) is 3.46. The smallest absolute Gasteiger partial charge is 0.0645 e. The van der Waals surface area contributed by atoms with Crippen molar-refractivity contribution in [3.63, 3.8) is 0 Å². The Morgan fingerprint density at radius 3 is 2.59 bits per heavy atom. The third-order valence-corrected chi connectivity index (χ3v) is 4.36. The fourth-order valence-corrected chi connectivity index (χ4v) is 3.01. The van der Waals surface area contributed by atoms with E-state index in [2.05, 4.69) is 57.7 Å². The van der Waals surface area contributed by atoms with Gasteiger partial charge in [0.15, 0.2) is 0 Å². The molecule has 1 aromatic heterocycles. The van der Waals surface area contributed by atoms with Gasteiger partial charge in [0.2, 0.25) is 0 Å². The molecule has 0 aliphatic rings. The maximum Gasteiger partial charge on any atom is 0.0645 e.